The Morgan fingerprint density at radius 2 is 1.75 bits per heavy atom. The van der Waals surface area contributed by atoms with Crippen LogP contribution in [0.3, 0.4) is 0 Å². The summed E-state index contributed by atoms with van der Waals surface area (Å²) in [5.74, 6) is 0.342. The normalized spacial score (nSPS) is 14.3. The molecule has 0 aliphatic heterocycles. The molecule has 112 valence electrons. The Bertz CT molecular complexity index is 403. The molecule has 0 spiro atoms. The Morgan fingerprint density at radius 1 is 1.15 bits per heavy atom. The topological polar surface area (TPSA) is 29.5 Å². The van der Waals surface area contributed by atoms with Crippen LogP contribution in [0.2, 0.25) is 0 Å². The highest BCUT2D eigenvalue weighted by Gasteiger charge is 2.20. The van der Waals surface area contributed by atoms with Crippen molar-refractivity contribution < 1.29 is 9.53 Å². The van der Waals surface area contributed by atoms with Gasteiger partial charge in [0.15, 0.2) is 0 Å². The first-order chi connectivity index (χ1) is 9.41. The standard InChI is InChI=1S/C17H27NO2/c1-13(2)15(4)18(5)11-14(3)17(19)20-12-16-9-7-6-8-10-16/h6-10,13-15H,11-12H2,1-5H3. The van der Waals surface area contributed by atoms with E-state index in [9.17, 15) is 4.79 Å². The molecule has 1 rings (SSSR count). The van der Waals surface area contributed by atoms with E-state index in [1.807, 2.05) is 37.3 Å². The maximum Gasteiger partial charge on any atom is 0.310 e. The molecule has 1 aromatic rings. The summed E-state index contributed by atoms with van der Waals surface area (Å²) in [6, 6.07) is 10.2. The number of carbonyl (C=O) groups excluding carboxylic acids is 1. The predicted octanol–water partition coefficient (Wildman–Crippen LogP) is 3.34. The van der Waals surface area contributed by atoms with Gasteiger partial charge in [0.2, 0.25) is 0 Å². The lowest BCUT2D eigenvalue weighted by atomic mass is 10.0. The average molecular weight is 277 g/mol. The van der Waals surface area contributed by atoms with Crippen molar-refractivity contribution in [1.82, 2.24) is 4.90 Å². The fourth-order valence-corrected chi connectivity index (χ4v) is 2.05. The molecular formula is C17H27NO2. The van der Waals surface area contributed by atoms with Crippen molar-refractivity contribution in [2.24, 2.45) is 11.8 Å². The van der Waals surface area contributed by atoms with Gasteiger partial charge in [0.25, 0.3) is 0 Å². The summed E-state index contributed by atoms with van der Waals surface area (Å²) in [7, 11) is 2.06. The molecule has 0 aromatic heterocycles. The molecule has 3 nitrogen and oxygen atoms in total. The molecule has 0 amide bonds. The molecule has 2 unspecified atom stereocenters. The first-order valence-electron chi connectivity index (χ1n) is 7.32. The molecule has 0 saturated carbocycles. The minimum atomic E-state index is -0.128. The van der Waals surface area contributed by atoms with Gasteiger partial charge in [-0.2, -0.15) is 0 Å². The Hall–Kier alpha value is -1.35. The zero-order valence-corrected chi connectivity index (χ0v) is 13.3. The first kappa shape index (κ1) is 16.7. The fourth-order valence-electron chi connectivity index (χ4n) is 2.05. The second-order valence-corrected chi connectivity index (χ2v) is 5.92. The number of hydrogen-bond donors (Lipinski definition) is 0. The minimum absolute atomic E-state index is 0.107. The quantitative estimate of drug-likeness (QED) is 0.716. The van der Waals surface area contributed by atoms with Gasteiger partial charge in [0.05, 0.1) is 5.92 Å². The molecular weight excluding hydrogens is 250 g/mol. The summed E-state index contributed by atoms with van der Waals surface area (Å²) >= 11 is 0. The second-order valence-electron chi connectivity index (χ2n) is 5.92. The number of esters is 1. The van der Waals surface area contributed by atoms with Crippen LogP contribution in [0.15, 0.2) is 30.3 Å². The van der Waals surface area contributed by atoms with Gasteiger partial charge in [0, 0.05) is 12.6 Å². The molecule has 0 saturated heterocycles. The number of rotatable bonds is 7. The van der Waals surface area contributed by atoms with Gasteiger partial charge in [0.1, 0.15) is 6.61 Å². The summed E-state index contributed by atoms with van der Waals surface area (Å²) in [5.41, 5.74) is 1.02. The van der Waals surface area contributed by atoms with E-state index in [0.717, 1.165) is 12.1 Å². The lowest BCUT2D eigenvalue weighted by Crippen LogP contribution is -2.38. The molecule has 0 heterocycles. The predicted molar refractivity (Wildman–Crippen MR) is 82.3 cm³/mol. The van der Waals surface area contributed by atoms with E-state index in [1.165, 1.54) is 0 Å². The number of hydrogen-bond acceptors (Lipinski definition) is 3. The van der Waals surface area contributed by atoms with Gasteiger partial charge in [-0.3, -0.25) is 4.79 Å². The molecule has 3 heteroatoms. The van der Waals surface area contributed by atoms with Crippen molar-refractivity contribution in [3.8, 4) is 0 Å². The summed E-state index contributed by atoms with van der Waals surface area (Å²) in [6.07, 6.45) is 0. The largest absolute Gasteiger partial charge is 0.461 e. The van der Waals surface area contributed by atoms with Crippen LogP contribution < -0.4 is 0 Å². The average Bonchev–Trinajstić information content (AvgIpc) is 2.44. The SMILES string of the molecule is CC(CN(C)C(C)C(C)C)C(=O)OCc1ccccc1. The van der Waals surface area contributed by atoms with Gasteiger partial charge >= 0.3 is 5.97 Å². The van der Waals surface area contributed by atoms with E-state index in [2.05, 4.69) is 32.7 Å². The highest BCUT2D eigenvalue weighted by molar-refractivity contribution is 5.72. The van der Waals surface area contributed by atoms with Crippen molar-refractivity contribution in [3.05, 3.63) is 35.9 Å². The van der Waals surface area contributed by atoms with E-state index < -0.39 is 0 Å². The van der Waals surface area contributed by atoms with Gasteiger partial charge in [-0.05, 0) is 25.5 Å². The Labute approximate surface area is 122 Å². The molecule has 20 heavy (non-hydrogen) atoms. The van der Waals surface area contributed by atoms with Crippen LogP contribution in [0.5, 0.6) is 0 Å². The van der Waals surface area contributed by atoms with Crippen molar-refractivity contribution in [1.29, 1.82) is 0 Å². The van der Waals surface area contributed by atoms with E-state index >= 15 is 0 Å². The molecule has 2 atom stereocenters. The van der Waals surface area contributed by atoms with Crippen LogP contribution in [-0.4, -0.2) is 30.5 Å². The maximum atomic E-state index is 12.0. The molecule has 0 bridgehead atoms. The molecule has 0 N–H and O–H groups in total. The van der Waals surface area contributed by atoms with Crippen molar-refractivity contribution >= 4 is 5.97 Å². The van der Waals surface area contributed by atoms with Gasteiger partial charge in [-0.1, -0.05) is 51.1 Å². The van der Waals surface area contributed by atoms with Crippen LogP contribution in [-0.2, 0) is 16.1 Å². The number of benzene rings is 1. The van der Waals surface area contributed by atoms with E-state index in [1.54, 1.807) is 0 Å². The fraction of sp³-hybridized carbons (Fsp3) is 0.588. The highest BCUT2D eigenvalue weighted by Crippen LogP contribution is 2.12. The van der Waals surface area contributed by atoms with Crippen molar-refractivity contribution in [2.45, 2.75) is 40.3 Å². The highest BCUT2D eigenvalue weighted by atomic mass is 16.5. The van der Waals surface area contributed by atoms with E-state index in [-0.39, 0.29) is 11.9 Å². The monoisotopic (exact) mass is 277 g/mol. The number of ether oxygens (including phenoxy) is 1. The van der Waals surface area contributed by atoms with Crippen LogP contribution in [0.1, 0.15) is 33.3 Å². The zero-order chi connectivity index (χ0) is 15.1. The van der Waals surface area contributed by atoms with E-state index in [0.29, 0.717) is 18.6 Å². The Morgan fingerprint density at radius 3 is 2.30 bits per heavy atom. The lowest BCUT2D eigenvalue weighted by molar-refractivity contribution is -0.150. The third-order valence-electron chi connectivity index (χ3n) is 3.85. The summed E-state index contributed by atoms with van der Waals surface area (Å²) in [4.78, 5) is 14.2. The minimum Gasteiger partial charge on any atom is -0.461 e. The Balaban J connectivity index is 2.39. The summed E-state index contributed by atoms with van der Waals surface area (Å²) in [6.45, 7) is 9.59. The van der Waals surface area contributed by atoms with Crippen LogP contribution in [0.4, 0.5) is 0 Å². The lowest BCUT2D eigenvalue weighted by Gasteiger charge is -2.29. The van der Waals surface area contributed by atoms with Gasteiger partial charge in [-0.25, -0.2) is 0 Å². The number of carbonyl (C=O) groups is 1. The Kier molecular flexibility index (Phi) is 6.73. The van der Waals surface area contributed by atoms with E-state index in [4.69, 9.17) is 4.74 Å². The maximum absolute atomic E-state index is 12.0. The molecule has 1 aromatic carbocycles. The van der Waals surface area contributed by atoms with Crippen LogP contribution in [0, 0.1) is 11.8 Å². The smallest absolute Gasteiger partial charge is 0.310 e. The molecule has 0 radical (unpaired) electrons. The molecule has 0 aliphatic carbocycles. The van der Waals surface area contributed by atoms with Crippen LogP contribution in [0.25, 0.3) is 0 Å². The summed E-state index contributed by atoms with van der Waals surface area (Å²) < 4.78 is 5.37. The second kappa shape index (κ2) is 8.05. The molecule has 0 fully saturated rings. The third-order valence-corrected chi connectivity index (χ3v) is 3.85. The zero-order valence-electron chi connectivity index (χ0n) is 13.3. The van der Waals surface area contributed by atoms with Gasteiger partial charge < -0.3 is 9.64 Å². The van der Waals surface area contributed by atoms with Gasteiger partial charge in [-0.15, -0.1) is 0 Å². The first-order valence-corrected chi connectivity index (χ1v) is 7.32. The summed E-state index contributed by atoms with van der Waals surface area (Å²) in [5, 5.41) is 0. The molecule has 0 aliphatic rings. The van der Waals surface area contributed by atoms with Crippen molar-refractivity contribution in [2.75, 3.05) is 13.6 Å². The van der Waals surface area contributed by atoms with Crippen molar-refractivity contribution in [3.63, 3.8) is 0 Å². The number of nitrogens with zero attached hydrogens (tertiary/aromatic N) is 1. The van der Waals surface area contributed by atoms with Crippen LogP contribution >= 0.6 is 0 Å². The third kappa shape index (κ3) is 5.33.